The van der Waals surface area contributed by atoms with Crippen molar-refractivity contribution in [3.63, 3.8) is 0 Å². The molecule has 0 amide bonds. The number of fused-ring (bicyclic) bond motifs is 5. The maximum atomic E-state index is 14.0. The number of carbonyl (C=O) groups excluding carboxylic acids is 2. The predicted octanol–water partition coefficient (Wildman–Crippen LogP) is 14.2. The fourth-order valence-corrected chi connectivity index (χ4v) is 11.0. The molecule has 10 unspecified atom stereocenters. The summed E-state index contributed by atoms with van der Waals surface area (Å²) in [5, 5.41) is 0. The summed E-state index contributed by atoms with van der Waals surface area (Å²) in [6, 6.07) is 0. The van der Waals surface area contributed by atoms with Crippen molar-refractivity contribution in [3.05, 3.63) is 0 Å². The maximum Gasteiger partial charge on any atom is 0.510 e. The van der Waals surface area contributed by atoms with Gasteiger partial charge in [-0.1, -0.05) is 53.4 Å². The van der Waals surface area contributed by atoms with Crippen molar-refractivity contribution in [1.82, 2.24) is 0 Å². The first-order chi connectivity index (χ1) is 26.5. The standard InChI is InChI=1S/C23H34F6O3.C18H28F6O3/c1-6-7-13-8-12(2)17-14-9-15(16(10-14)18(13)17)11-21(22(24,25)26,23(27,28)29)32-19(30)31-20(3,4)5;1-6-7-12-8-11(2)9-13(12)10-16(17(19,20)21,18(22,23)24)27-14(25)26-15(3,4)5/h12-18H,6-11H2,1-5H3;11-13H,6-10H2,1-5H3. The molecule has 4 rings (SSSR count). The number of carbonyl (C=O) groups is 2. The Bertz CT molecular complexity index is 1380. The zero-order valence-corrected chi connectivity index (χ0v) is 35.5. The molecule has 0 N–H and O–H groups in total. The molecule has 10 atom stereocenters. The van der Waals surface area contributed by atoms with Gasteiger partial charge in [-0.25, -0.2) is 9.59 Å². The van der Waals surface area contributed by atoms with E-state index in [4.69, 9.17) is 0 Å². The highest BCUT2D eigenvalue weighted by atomic mass is 19.4. The molecule has 6 nitrogen and oxygen atoms in total. The van der Waals surface area contributed by atoms with Crippen LogP contribution >= 0.6 is 0 Å². The minimum Gasteiger partial charge on any atom is -0.429 e. The van der Waals surface area contributed by atoms with E-state index in [1.54, 1.807) is 6.92 Å². The topological polar surface area (TPSA) is 71.1 Å². The van der Waals surface area contributed by atoms with Crippen LogP contribution < -0.4 is 0 Å². The van der Waals surface area contributed by atoms with Gasteiger partial charge >= 0.3 is 48.2 Å². The average Bonchev–Trinajstić information content (AvgIpc) is 3.75. The molecule has 4 aliphatic carbocycles. The van der Waals surface area contributed by atoms with Gasteiger partial charge in [-0.3, -0.25) is 0 Å². The number of alkyl halides is 12. The van der Waals surface area contributed by atoms with Crippen molar-refractivity contribution < 1.29 is 81.2 Å². The molecule has 4 fully saturated rings. The van der Waals surface area contributed by atoms with Gasteiger partial charge in [0.1, 0.15) is 11.2 Å². The van der Waals surface area contributed by atoms with Crippen LogP contribution in [0.25, 0.3) is 0 Å². The molecule has 0 heterocycles. The highest BCUT2D eigenvalue weighted by Crippen LogP contribution is 2.67. The van der Waals surface area contributed by atoms with Crippen molar-refractivity contribution >= 4 is 12.3 Å². The van der Waals surface area contributed by atoms with E-state index in [9.17, 15) is 62.3 Å². The Balaban J connectivity index is 0.000000321. The van der Waals surface area contributed by atoms with Gasteiger partial charge < -0.3 is 18.9 Å². The number of hydrogen-bond acceptors (Lipinski definition) is 6. The third-order valence-electron chi connectivity index (χ3n) is 12.8. The van der Waals surface area contributed by atoms with Gasteiger partial charge in [0, 0.05) is 12.8 Å². The summed E-state index contributed by atoms with van der Waals surface area (Å²) in [4.78, 5) is 23.8. The van der Waals surface area contributed by atoms with Gasteiger partial charge in [-0.15, -0.1) is 0 Å². The Morgan fingerprint density at radius 3 is 1.27 bits per heavy atom. The van der Waals surface area contributed by atoms with Gasteiger partial charge in [0.25, 0.3) is 0 Å². The lowest BCUT2D eigenvalue weighted by atomic mass is 9.68. The average molecular weight is 879 g/mol. The molecule has 0 aromatic heterocycles. The van der Waals surface area contributed by atoms with Crippen molar-refractivity contribution in [1.29, 1.82) is 0 Å². The molecule has 4 aliphatic rings. The smallest absolute Gasteiger partial charge is 0.429 e. The molecule has 2 bridgehead atoms. The Morgan fingerprint density at radius 2 is 0.881 bits per heavy atom. The van der Waals surface area contributed by atoms with Crippen LogP contribution in [0, 0.1) is 59.2 Å². The molecule has 59 heavy (non-hydrogen) atoms. The summed E-state index contributed by atoms with van der Waals surface area (Å²) in [7, 11) is 0. The lowest BCUT2D eigenvalue weighted by Crippen LogP contribution is -2.61. The van der Waals surface area contributed by atoms with Crippen LogP contribution in [0.4, 0.5) is 62.3 Å². The minimum absolute atomic E-state index is 0.0206. The highest BCUT2D eigenvalue weighted by molar-refractivity contribution is 5.62. The Hall–Kier alpha value is -2.30. The van der Waals surface area contributed by atoms with E-state index in [0.29, 0.717) is 49.9 Å². The fourth-order valence-electron chi connectivity index (χ4n) is 11.0. The second-order valence-corrected chi connectivity index (χ2v) is 19.6. The van der Waals surface area contributed by atoms with Crippen LogP contribution in [-0.2, 0) is 18.9 Å². The third kappa shape index (κ3) is 11.6. The summed E-state index contributed by atoms with van der Waals surface area (Å²) in [5.41, 5.74) is -11.7. The van der Waals surface area contributed by atoms with Crippen LogP contribution in [0.3, 0.4) is 0 Å². The molecule has 0 saturated heterocycles. The predicted molar refractivity (Wildman–Crippen MR) is 193 cm³/mol. The number of hydrogen-bond donors (Lipinski definition) is 0. The zero-order chi connectivity index (χ0) is 45.5. The van der Waals surface area contributed by atoms with Gasteiger partial charge in [0.05, 0.1) is 0 Å². The van der Waals surface area contributed by atoms with Crippen LogP contribution in [0.15, 0.2) is 0 Å². The van der Waals surface area contributed by atoms with Crippen LogP contribution in [0.2, 0.25) is 0 Å². The normalized spacial score (nSPS) is 30.4. The molecule has 0 aromatic carbocycles. The van der Waals surface area contributed by atoms with Gasteiger partial charge in [0.15, 0.2) is 0 Å². The molecule has 0 aliphatic heterocycles. The van der Waals surface area contributed by atoms with Crippen molar-refractivity contribution in [2.24, 2.45) is 59.2 Å². The molecule has 18 heteroatoms. The van der Waals surface area contributed by atoms with Crippen LogP contribution in [0.1, 0.15) is 140 Å². The first-order valence-electron chi connectivity index (χ1n) is 20.6. The van der Waals surface area contributed by atoms with E-state index >= 15 is 0 Å². The lowest BCUT2D eigenvalue weighted by molar-refractivity contribution is -0.375. The summed E-state index contributed by atoms with van der Waals surface area (Å²) in [5.74, 6) is -0.604. The quantitative estimate of drug-likeness (QED) is 0.161. The molecule has 4 saturated carbocycles. The van der Waals surface area contributed by atoms with E-state index < -0.39 is 84.1 Å². The molecule has 0 radical (unpaired) electrons. The third-order valence-corrected chi connectivity index (χ3v) is 12.8. The number of halogens is 12. The summed E-state index contributed by atoms with van der Waals surface area (Å²) >= 11 is 0. The summed E-state index contributed by atoms with van der Waals surface area (Å²) < 4.78 is 184. The molecule has 346 valence electrons. The first kappa shape index (κ1) is 51.1. The monoisotopic (exact) mass is 878 g/mol. The molecular weight excluding hydrogens is 816 g/mol. The lowest BCUT2D eigenvalue weighted by Gasteiger charge is -2.42. The van der Waals surface area contributed by atoms with Crippen molar-refractivity contribution in [3.8, 4) is 0 Å². The Labute approximate surface area is 339 Å². The van der Waals surface area contributed by atoms with E-state index in [-0.39, 0.29) is 36.0 Å². The second kappa shape index (κ2) is 17.8. The van der Waals surface area contributed by atoms with Crippen LogP contribution in [0.5, 0.6) is 0 Å². The highest BCUT2D eigenvalue weighted by Gasteiger charge is 2.77. The molecular formula is C41H62F12O6. The Kier molecular flexibility index (Phi) is 15.4. The van der Waals surface area contributed by atoms with Crippen LogP contribution in [-0.4, -0.2) is 59.4 Å². The zero-order valence-electron chi connectivity index (χ0n) is 35.5. The van der Waals surface area contributed by atoms with Gasteiger partial charge in [-0.05, 0) is 133 Å². The SMILES string of the molecule is CCCC1CC(C)C2C3CC(CC(OC(=O)OC(C)(C)C)(C(F)(F)F)C(F)(F)F)C(C3)C12.CCCC1CC(C)CC1CC(OC(=O)OC(C)(C)C)(C(F)(F)F)C(F)(F)F. The van der Waals surface area contributed by atoms with Crippen molar-refractivity contribution in [2.75, 3.05) is 0 Å². The summed E-state index contributed by atoms with van der Waals surface area (Å²) in [6.07, 6.45) is -24.0. The van der Waals surface area contributed by atoms with E-state index in [2.05, 4.69) is 32.8 Å². The van der Waals surface area contributed by atoms with Gasteiger partial charge in [-0.2, -0.15) is 52.7 Å². The number of rotatable bonds is 10. The van der Waals surface area contributed by atoms with Gasteiger partial charge in [0.2, 0.25) is 0 Å². The molecule has 0 spiro atoms. The van der Waals surface area contributed by atoms with E-state index in [1.165, 1.54) is 41.5 Å². The minimum atomic E-state index is -5.81. The maximum absolute atomic E-state index is 14.0. The molecule has 0 aromatic rings. The fraction of sp³-hybridized carbons (Fsp3) is 0.951. The van der Waals surface area contributed by atoms with E-state index in [0.717, 1.165) is 19.3 Å². The van der Waals surface area contributed by atoms with Crippen molar-refractivity contribution in [2.45, 2.75) is 187 Å². The second-order valence-electron chi connectivity index (χ2n) is 19.6. The first-order valence-corrected chi connectivity index (χ1v) is 20.6. The largest absolute Gasteiger partial charge is 0.510 e. The summed E-state index contributed by atoms with van der Waals surface area (Å²) in [6.45, 7) is 15.9. The number of ether oxygens (including phenoxy) is 4. The Morgan fingerprint density at radius 1 is 0.492 bits per heavy atom. The van der Waals surface area contributed by atoms with E-state index in [1.807, 2.05) is 6.92 Å².